The fourth-order valence-corrected chi connectivity index (χ4v) is 4.71. The minimum Gasteiger partial charge on any atom is -0.478 e. The van der Waals surface area contributed by atoms with Crippen molar-refractivity contribution in [3.63, 3.8) is 0 Å². The fraction of sp³-hybridized carbons (Fsp3) is 0.241. The number of nitrogen functional groups attached to an aromatic ring is 1. The van der Waals surface area contributed by atoms with Crippen LogP contribution in [0, 0.1) is 11.7 Å². The van der Waals surface area contributed by atoms with Gasteiger partial charge in [-0.2, -0.15) is 0 Å². The molecule has 2 unspecified atom stereocenters. The van der Waals surface area contributed by atoms with Gasteiger partial charge in [0.1, 0.15) is 5.70 Å². The van der Waals surface area contributed by atoms with E-state index in [1.807, 2.05) is 0 Å². The number of carboxylic acid groups (broad SMARTS) is 1. The lowest BCUT2D eigenvalue weighted by molar-refractivity contribution is -0.120. The number of anilines is 3. The summed E-state index contributed by atoms with van der Waals surface area (Å²) in [5, 5.41) is 18.1. The molecule has 0 aliphatic carbocycles. The van der Waals surface area contributed by atoms with Gasteiger partial charge in [-0.25, -0.2) is 9.18 Å². The maximum absolute atomic E-state index is 14.4. The van der Waals surface area contributed by atoms with E-state index in [-0.39, 0.29) is 45.2 Å². The van der Waals surface area contributed by atoms with Gasteiger partial charge in [0.15, 0.2) is 5.82 Å². The third kappa shape index (κ3) is 6.58. The van der Waals surface area contributed by atoms with Gasteiger partial charge >= 0.3 is 5.97 Å². The van der Waals surface area contributed by atoms with Crippen LogP contribution in [0.5, 0.6) is 0 Å². The summed E-state index contributed by atoms with van der Waals surface area (Å²) >= 11 is 5.85. The molecule has 1 aliphatic heterocycles. The number of hydrogen-bond acceptors (Lipinski definition) is 7. The van der Waals surface area contributed by atoms with E-state index in [0.29, 0.717) is 41.8 Å². The van der Waals surface area contributed by atoms with Crippen molar-refractivity contribution < 1.29 is 23.9 Å². The minimum atomic E-state index is -1.21. The lowest BCUT2D eigenvalue weighted by Crippen LogP contribution is -2.34. The van der Waals surface area contributed by atoms with Crippen LogP contribution < -0.4 is 27.4 Å². The molecule has 2 bridgehead atoms. The molecule has 2 atom stereocenters. The smallest absolute Gasteiger partial charge is 0.337 e. The summed E-state index contributed by atoms with van der Waals surface area (Å²) in [6.45, 7) is 3.32. The number of benzene rings is 2. The SMILES string of the molecule is C/C(Nc1cccc(Cl)c1F)=C(/N)C(=O)NC1CCCC(C)C(=O)Nc2cc(N)c(C(=O)O)cc2-c2ccnc1c2. The van der Waals surface area contributed by atoms with Gasteiger partial charge in [-0.05, 0) is 61.7 Å². The second kappa shape index (κ2) is 12.3. The van der Waals surface area contributed by atoms with E-state index in [9.17, 15) is 23.9 Å². The van der Waals surface area contributed by atoms with Gasteiger partial charge in [0.2, 0.25) is 5.91 Å². The molecule has 0 saturated carbocycles. The Hall–Kier alpha value is -4.64. The second-order valence-corrected chi connectivity index (χ2v) is 10.3. The summed E-state index contributed by atoms with van der Waals surface area (Å²) in [5.74, 6) is -3.11. The average Bonchev–Trinajstić information content (AvgIpc) is 2.93. The Morgan fingerprint density at radius 1 is 1.20 bits per heavy atom. The number of carbonyl (C=O) groups is 3. The standard InChI is InChI=1S/C29H30ClFN6O4/c1-14-5-3-7-21(36-28(39)26(33)15(2)35-22-8-4-6-19(30)25(22)31)24-11-16(9-10-34-24)17-12-18(29(40)41)20(32)13-23(17)37-27(14)38/h4,6,8-14,21,35H,3,5,7,32-33H2,1-2H3,(H,36,39)(H,37,38)(H,40,41)/b26-15-. The van der Waals surface area contributed by atoms with Crippen LogP contribution in [0.15, 0.2) is 60.1 Å². The Kier molecular flexibility index (Phi) is 8.77. The van der Waals surface area contributed by atoms with Crippen molar-refractivity contribution in [2.75, 3.05) is 16.4 Å². The van der Waals surface area contributed by atoms with Crippen molar-refractivity contribution in [2.45, 2.75) is 39.2 Å². The van der Waals surface area contributed by atoms with Crippen molar-refractivity contribution in [3.8, 4) is 11.1 Å². The molecule has 2 aromatic carbocycles. The maximum Gasteiger partial charge on any atom is 0.337 e. The second-order valence-electron chi connectivity index (χ2n) is 9.87. The van der Waals surface area contributed by atoms with Gasteiger partial charge < -0.3 is 32.5 Å². The van der Waals surface area contributed by atoms with Gasteiger partial charge in [-0.15, -0.1) is 0 Å². The normalized spacial score (nSPS) is 17.6. The number of pyridine rings is 1. The molecule has 8 N–H and O–H groups in total. The Morgan fingerprint density at radius 3 is 2.68 bits per heavy atom. The van der Waals surface area contributed by atoms with Crippen molar-refractivity contribution in [1.82, 2.24) is 10.3 Å². The van der Waals surface area contributed by atoms with E-state index in [4.69, 9.17) is 23.1 Å². The maximum atomic E-state index is 14.4. The van der Waals surface area contributed by atoms with Crippen LogP contribution in [0.2, 0.25) is 5.02 Å². The molecule has 10 nitrogen and oxygen atoms in total. The van der Waals surface area contributed by atoms with Crippen LogP contribution in [0.1, 0.15) is 55.2 Å². The molecule has 1 aliphatic rings. The zero-order valence-electron chi connectivity index (χ0n) is 22.4. The first-order chi connectivity index (χ1) is 19.5. The topological polar surface area (TPSA) is 172 Å². The molecule has 0 radical (unpaired) electrons. The van der Waals surface area contributed by atoms with E-state index in [1.54, 1.807) is 25.1 Å². The number of nitrogens with two attached hydrogens (primary N) is 2. The predicted octanol–water partition coefficient (Wildman–Crippen LogP) is 5.04. The summed E-state index contributed by atoms with van der Waals surface area (Å²) < 4.78 is 14.4. The number of carbonyl (C=O) groups excluding carboxylic acids is 2. The van der Waals surface area contributed by atoms with Crippen molar-refractivity contribution >= 4 is 46.4 Å². The number of nitrogens with zero attached hydrogens (tertiary/aromatic N) is 1. The van der Waals surface area contributed by atoms with Crippen LogP contribution in [-0.4, -0.2) is 27.9 Å². The number of hydrogen-bond donors (Lipinski definition) is 6. The average molecular weight is 581 g/mol. The first-order valence-electron chi connectivity index (χ1n) is 12.9. The molecule has 4 rings (SSSR count). The lowest BCUT2D eigenvalue weighted by atomic mass is 9.94. The summed E-state index contributed by atoms with van der Waals surface area (Å²) in [6.07, 6.45) is 3.06. The molecule has 2 heterocycles. The number of carboxylic acids is 1. The lowest BCUT2D eigenvalue weighted by Gasteiger charge is -2.23. The Bertz CT molecular complexity index is 1560. The van der Waals surface area contributed by atoms with E-state index >= 15 is 0 Å². The Labute approximate surface area is 241 Å². The number of aromatic nitrogens is 1. The Morgan fingerprint density at radius 2 is 1.95 bits per heavy atom. The first kappa shape index (κ1) is 29.3. The predicted molar refractivity (Wildman–Crippen MR) is 155 cm³/mol. The molecular weight excluding hydrogens is 551 g/mol. The summed E-state index contributed by atoms with van der Waals surface area (Å²) in [7, 11) is 0. The highest BCUT2D eigenvalue weighted by Crippen LogP contribution is 2.35. The number of fused-ring (bicyclic) bond motifs is 4. The zero-order valence-corrected chi connectivity index (χ0v) is 23.2. The molecule has 12 heteroatoms. The quantitative estimate of drug-likeness (QED) is 0.180. The van der Waals surface area contributed by atoms with Gasteiger partial charge in [0.05, 0.1) is 33.7 Å². The molecule has 41 heavy (non-hydrogen) atoms. The number of halogens is 2. The highest BCUT2D eigenvalue weighted by molar-refractivity contribution is 6.31. The highest BCUT2D eigenvalue weighted by atomic mass is 35.5. The first-order valence-corrected chi connectivity index (χ1v) is 13.3. The van der Waals surface area contributed by atoms with Crippen molar-refractivity contribution in [1.29, 1.82) is 0 Å². The van der Waals surface area contributed by atoms with Gasteiger partial charge in [0.25, 0.3) is 5.91 Å². The van der Waals surface area contributed by atoms with Crippen LogP contribution >= 0.6 is 11.6 Å². The van der Waals surface area contributed by atoms with E-state index in [2.05, 4.69) is 20.9 Å². The number of rotatable bonds is 5. The van der Waals surface area contributed by atoms with Crippen molar-refractivity contribution in [2.24, 2.45) is 11.7 Å². The van der Waals surface area contributed by atoms with Crippen LogP contribution in [0.25, 0.3) is 11.1 Å². The largest absolute Gasteiger partial charge is 0.478 e. The highest BCUT2D eigenvalue weighted by Gasteiger charge is 2.24. The third-order valence-electron chi connectivity index (χ3n) is 6.93. The minimum absolute atomic E-state index is 0.0135. The molecule has 3 aromatic rings. The van der Waals surface area contributed by atoms with Gasteiger partial charge in [-0.1, -0.05) is 31.0 Å². The number of nitrogens with one attached hydrogen (secondary N) is 3. The molecule has 1 aromatic heterocycles. The third-order valence-corrected chi connectivity index (χ3v) is 7.22. The monoisotopic (exact) mass is 580 g/mol. The van der Waals surface area contributed by atoms with Crippen LogP contribution in [0.4, 0.5) is 21.5 Å². The molecule has 0 saturated heterocycles. The molecule has 0 spiro atoms. The molecule has 2 amide bonds. The summed E-state index contributed by atoms with van der Waals surface area (Å²) in [5.41, 5.74) is 14.0. The van der Waals surface area contributed by atoms with E-state index < -0.39 is 23.7 Å². The molecular formula is C29H30ClFN6O4. The Balaban J connectivity index is 1.70. The van der Waals surface area contributed by atoms with Gasteiger partial charge in [-0.3, -0.25) is 14.6 Å². The fourth-order valence-electron chi connectivity index (χ4n) is 4.54. The summed E-state index contributed by atoms with van der Waals surface area (Å²) in [6, 6.07) is 10.1. The molecule has 0 fully saturated rings. The number of amides is 2. The summed E-state index contributed by atoms with van der Waals surface area (Å²) in [4.78, 5) is 42.4. The van der Waals surface area contributed by atoms with Crippen LogP contribution in [-0.2, 0) is 9.59 Å². The van der Waals surface area contributed by atoms with Gasteiger partial charge in [0, 0.05) is 29.1 Å². The zero-order chi connectivity index (χ0) is 29.8. The number of aromatic carboxylic acids is 1. The van der Waals surface area contributed by atoms with E-state index in [1.165, 1.54) is 37.4 Å². The molecule has 214 valence electrons. The van der Waals surface area contributed by atoms with E-state index in [0.717, 1.165) is 0 Å². The van der Waals surface area contributed by atoms with Crippen molar-refractivity contribution in [3.05, 3.63) is 82.2 Å². The number of allylic oxidation sites excluding steroid dienone is 1. The van der Waals surface area contributed by atoms with Crippen LogP contribution in [0.3, 0.4) is 0 Å².